The molecular weight excluding hydrogens is 220 g/mol. The predicted octanol–water partition coefficient (Wildman–Crippen LogP) is 3.13. The Hall–Kier alpha value is -0.0800. The topological polar surface area (TPSA) is 15.3 Å². The first-order valence-corrected chi connectivity index (χ1v) is 7.92. The Labute approximate surface area is 114 Å². The van der Waals surface area contributed by atoms with E-state index in [1.807, 2.05) is 0 Å². The molecule has 0 amide bonds. The Morgan fingerprint density at radius 1 is 1.11 bits per heavy atom. The molecule has 0 aliphatic carbocycles. The summed E-state index contributed by atoms with van der Waals surface area (Å²) in [6.45, 7) is 14.8. The van der Waals surface area contributed by atoms with Gasteiger partial charge in [0.2, 0.25) is 0 Å². The van der Waals surface area contributed by atoms with Crippen molar-refractivity contribution in [3.05, 3.63) is 0 Å². The van der Waals surface area contributed by atoms with Crippen LogP contribution in [0.5, 0.6) is 0 Å². The Balaban J connectivity index is 1.82. The van der Waals surface area contributed by atoms with Gasteiger partial charge in [-0.2, -0.15) is 0 Å². The van der Waals surface area contributed by atoms with Gasteiger partial charge in [0, 0.05) is 12.6 Å². The highest BCUT2D eigenvalue weighted by atomic mass is 15.2. The van der Waals surface area contributed by atoms with Gasteiger partial charge in [-0.1, -0.05) is 27.7 Å². The number of hydrogen-bond donors (Lipinski definition) is 1. The lowest BCUT2D eigenvalue weighted by atomic mass is 9.77. The van der Waals surface area contributed by atoms with E-state index in [4.69, 9.17) is 0 Å². The summed E-state index contributed by atoms with van der Waals surface area (Å²) in [4.78, 5) is 2.71. The van der Waals surface area contributed by atoms with Gasteiger partial charge in [0.15, 0.2) is 0 Å². The Bertz CT molecular complexity index is 256. The summed E-state index contributed by atoms with van der Waals surface area (Å²) in [5, 5.41) is 3.67. The molecular formula is C16H32N2. The van der Waals surface area contributed by atoms with Crippen LogP contribution in [0, 0.1) is 17.3 Å². The van der Waals surface area contributed by atoms with Gasteiger partial charge >= 0.3 is 0 Å². The van der Waals surface area contributed by atoms with Crippen molar-refractivity contribution in [3.63, 3.8) is 0 Å². The van der Waals surface area contributed by atoms with E-state index in [9.17, 15) is 0 Å². The van der Waals surface area contributed by atoms with Crippen LogP contribution >= 0.6 is 0 Å². The Morgan fingerprint density at radius 3 is 2.50 bits per heavy atom. The van der Waals surface area contributed by atoms with E-state index in [1.54, 1.807) is 0 Å². The molecule has 0 radical (unpaired) electrons. The monoisotopic (exact) mass is 252 g/mol. The van der Waals surface area contributed by atoms with E-state index in [2.05, 4.69) is 37.9 Å². The minimum Gasteiger partial charge on any atom is -0.312 e. The second kappa shape index (κ2) is 5.92. The van der Waals surface area contributed by atoms with E-state index in [-0.39, 0.29) is 0 Å². The highest BCUT2D eigenvalue weighted by Gasteiger charge is 2.29. The van der Waals surface area contributed by atoms with Crippen molar-refractivity contribution in [2.45, 2.75) is 59.4 Å². The maximum absolute atomic E-state index is 3.67. The van der Waals surface area contributed by atoms with Crippen LogP contribution in [0.25, 0.3) is 0 Å². The molecule has 2 aliphatic rings. The normalized spacial score (nSPS) is 35.7. The fourth-order valence-corrected chi connectivity index (χ4v) is 3.63. The van der Waals surface area contributed by atoms with E-state index in [1.165, 1.54) is 51.9 Å². The number of nitrogens with zero attached hydrogens (tertiary/aromatic N) is 1. The molecule has 2 heteroatoms. The summed E-state index contributed by atoms with van der Waals surface area (Å²) >= 11 is 0. The Morgan fingerprint density at radius 2 is 1.89 bits per heavy atom. The number of rotatable bonds is 2. The standard InChI is InChI=1S/C16H32N2/c1-13-7-9-17-15(13)12-18-10-5-6-14(8-11-18)16(2,3)4/h13-15,17H,5-12H2,1-4H3. The van der Waals surface area contributed by atoms with Crippen molar-refractivity contribution in [2.75, 3.05) is 26.2 Å². The molecule has 0 spiro atoms. The van der Waals surface area contributed by atoms with Crippen LogP contribution < -0.4 is 5.32 Å². The molecule has 2 heterocycles. The van der Waals surface area contributed by atoms with Crippen molar-refractivity contribution in [1.29, 1.82) is 0 Å². The lowest BCUT2D eigenvalue weighted by Crippen LogP contribution is -2.40. The van der Waals surface area contributed by atoms with Crippen molar-refractivity contribution in [2.24, 2.45) is 17.3 Å². The highest BCUT2D eigenvalue weighted by Crippen LogP contribution is 2.34. The quantitative estimate of drug-likeness (QED) is 0.812. The second-order valence-corrected chi connectivity index (χ2v) is 7.62. The zero-order chi connectivity index (χ0) is 13.2. The molecule has 2 saturated heterocycles. The summed E-state index contributed by atoms with van der Waals surface area (Å²) in [6, 6.07) is 0.746. The smallest absolute Gasteiger partial charge is 0.0221 e. The fraction of sp³-hybridized carbons (Fsp3) is 1.00. The first-order valence-electron chi connectivity index (χ1n) is 7.92. The molecule has 0 saturated carbocycles. The minimum atomic E-state index is 0.495. The van der Waals surface area contributed by atoms with E-state index < -0.39 is 0 Å². The molecule has 0 aromatic rings. The van der Waals surface area contributed by atoms with Gasteiger partial charge in [-0.25, -0.2) is 0 Å². The lowest BCUT2D eigenvalue weighted by Gasteiger charge is -2.30. The number of hydrogen-bond acceptors (Lipinski definition) is 2. The van der Waals surface area contributed by atoms with Gasteiger partial charge < -0.3 is 10.2 Å². The average Bonchev–Trinajstić information content (AvgIpc) is 2.54. The number of nitrogens with one attached hydrogen (secondary N) is 1. The minimum absolute atomic E-state index is 0.495. The zero-order valence-electron chi connectivity index (χ0n) is 12.8. The third-order valence-electron chi connectivity index (χ3n) is 5.19. The molecule has 3 atom stereocenters. The van der Waals surface area contributed by atoms with Crippen LogP contribution in [0.15, 0.2) is 0 Å². The van der Waals surface area contributed by atoms with Gasteiger partial charge in [0.05, 0.1) is 0 Å². The summed E-state index contributed by atoms with van der Waals surface area (Å²) in [7, 11) is 0. The van der Waals surface area contributed by atoms with Crippen LogP contribution in [0.1, 0.15) is 53.4 Å². The third-order valence-corrected chi connectivity index (χ3v) is 5.19. The van der Waals surface area contributed by atoms with Gasteiger partial charge in [-0.3, -0.25) is 0 Å². The third kappa shape index (κ3) is 3.71. The van der Waals surface area contributed by atoms with Crippen LogP contribution in [-0.2, 0) is 0 Å². The Kier molecular flexibility index (Phi) is 4.71. The molecule has 2 nitrogen and oxygen atoms in total. The second-order valence-electron chi connectivity index (χ2n) is 7.62. The van der Waals surface area contributed by atoms with Crippen molar-refractivity contribution in [3.8, 4) is 0 Å². The molecule has 0 bridgehead atoms. The van der Waals surface area contributed by atoms with Crippen LogP contribution in [0.2, 0.25) is 0 Å². The molecule has 0 aromatic heterocycles. The highest BCUT2D eigenvalue weighted by molar-refractivity contribution is 4.85. The summed E-state index contributed by atoms with van der Waals surface area (Å²) < 4.78 is 0. The first-order chi connectivity index (χ1) is 8.47. The van der Waals surface area contributed by atoms with Crippen LogP contribution in [0.4, 0.5) is 0 Å². The molecule has 2 rings (SSSR count). The summed E-state index contributed by atoms with van der Waals surface area (Å²) in [6.07, 6.45) is 5.57. The van der Waals surface area contributed by atoms with E-state index >= 15 is 0 Å². The molecule has 0 aromatic carbocycles. The van der Waals surface area contributed by atoms with Gasteiger partial charge in [0.1, 0.15) is 0 Å². The molecule has 106 valence electrons. The van der Waals surface area contributed by atoms with E-state index in [0.29, 0.717) is 5.41 Å². The number of likely N-dealkylation sites (tertiary alicyclic amines) is 1. The summed E-state index contributed by atoms with van der Waals surface area (Å²) in [5.41, 5.74) is 0.495. The SMILES string of the molecule is CC1CCNC1CN1CCCC(C(C)(C)C)CC1. The average molecular weight is 252 g/mol. The summed E-state index contributed by atoms with van der Waals surface area (Å²) in [5.74, 6) is 1.78. The van der Waals surface area contributed by atoms with Gasteiger partial charge in [-0.05, 0) is 62.6 Å². The molecule has 2 fully saturated rings. The molecule has 3 unspecified atom stereocenters. The largest absolute Gasteiger partial charge is 0.312 e. The zero-order valence-corrected chi connectivity index (χ0v) is 12.8. The molecule has 2 aliphatic heterocycles. The van der Waals surface area contributed by atoms with Crippen molar-refractivity contribution in [1.82, 2.24) is 10.2 Å². The van der Waals surface area contributed by atoms with Crippen molar-refractivity contribution >= 4 is 0 Å². The molecule has 1 N–H and O–H groups in total. The maximum Gasteiger partial charge on any atom is 0.0221 e. The van der Waals surface area contributed by atoms with Crippen molar-refractivity contribution < 1.29 is 0 Å². The van der Waals surface area contributed by atoms with Crippen LogP contribution in [0.3, 0.4) is 0 Å². The first kappa shape index (κ1) is 14.3. The van der Waals surface area contributed by atoms with E-state index in [0.717, 1.165) is 17.9 Å². The molecule has 18 heavy (non-hydrogen) atoms. The lowest BCUT2D eigenvalue weighted by molar-refractivity contribution is 0.201. The fourth-order valence-electron chi connectivity index (χ4n) is 3.63. The predicted molar refractivity (Wildman–Crippen MR) is 78.8 cm³/mol. The van der Waals surface area contributed by atoms with Gasteiger partial charge in [-0.15, -0.1) is 0 Å². The maximum atomic E-state index is 3.67. The van der Waals surface area contributed by atoms with Gasteiger partial charge in [0.25, 0.3) is 0 Å². The van der Waals surface area contributed by atoms with Crippen LogP contribution in [-0.4, -0.2) is 37.1 Å².